The fraction of sp³-hybridized carbons (Fsp3) is 0.333. The first-order valence-electron chi connectivity index (χ1n) is 8.23. The molecule has 146 valence electrons. The molecule has 8 nitrogen and oxygen atoms in total. The van der Waals surface area contributed by atoms with Crippen LogP contribution in [0.5, 0.6) is 0 Å². The molecule has 0 aromatic heterocycles. The molecule has 1 aromatic rings. The number of carbonyl (C=O) groups is 3. The van der Waals surface area contributed by atoms with Gasteiger partial charge in [-0.15, -0.1) is 19.0 Å². The summed E-state index contributed by atoms with van der Waals surface area (Å²) in [7, 11) is 0. The van der Waals surface area contributed by atoms with Gasteiger partial charge in [-0.25, -0.2) is 0 Å². The van der Waals surface area contributed by atoms with Crippen molar-refractivity contribution < 1.29 is 19.5 Å². The smallest absolute Gasteiger partial charge is 0.305 e. The number of nitrogens with two attached hydrogens (primary N) is 1. The van der Waals surface area contributed by atoms with Crippen molar-refractivity contribution in [3.63, 3.8) is 0 Å². The number of rotatable bonds is 8. The van der Waals surface area contributed by atoms with Crippen molar-refractivity contribution in [2.45, 2.75) is 25.3 Å². The molecule has 0 spiro atoms. The molecule has 1 aliphatic rings. The molecule has 1 aromatic carbocycles. The predicted molar refractivity (Wildman–Crippen MR) is 105 cm³/mol. The molecule has 0 aliphatic carbocycles. The van der Waals surface area contributed by atoms with E-state index >= 15 is 0 Å². The summed E-state index contributed by atoms with van der Waals surface area (Å²) in [5.41, 5.74) is 1.58. The van der Waals surface area contributed by atoms with Crippen molar-refractivity contribution in [1.29, 1.82) is 0 Å². The zero-order valence-corrected chi connectivity index (χ0v) is 15.5. The zero-order chi connectivity index (χ0) is 19.1. The maximum atomic E-state index is 12.6. The van der Waals surface area contributed by atoms with Gasteiger partial charge in [-0.1, -0.05) is 18.2 Å². The molecule has 1 aliphatic heterocycles. The number of benzene rings is 1. The van der Waals surface area contributed by atoms with E-state index < -0.39 is 17.9 Å². The summed E-state index contributed by atoms with van der Waals surface area (Å²) in [6.45, 7) is 4.04. The van der Waals surface area contributed by atoms with Crippen molar-refractivity contribution in [2.75, 3.05) is 11.4 Å². The first-order valence-corrected chi connectivity index (χ1v) is 8.23. The van der Waals surface area contributed by atoms with E-state index in [1.807, 2.05) is 0 Å². The van der Waals surface area contributed by atoms with E-state index in [-0.39, 0.29) is 37.1 Å². The highest BCUT2D eigenvalue weighted by molar-refractivity contribution is 5.99. The molecule has 2 atom stereocenters. The Hall–Kier alpha value is -2.87. The molecule has 1 fully saturated rings. The average Bonchev–Trinajstić information content (AvgIpc) is 2.95. The standard InChI is InChI=1S/C18H22N4O4.ClH/c1-2-14(10-17(24)25)21-16(23)9-13-7-8-22(18(13)26)15-5-3-12(4-6-15)11-20-19;/h2-6,11,13-14H,1,7-10,19H2,(H,21,23)(H,24,25);1H/t13?,14-;/m1./s1. The molecule has 1 heterocycles. The minimum Gasteiger partial charge on any atom is -0.481 e. The van der Waals surface area contributed by atoms with Gasteiger partial charge in [-0.2, -0.15) is 5.10 Å². The highest BCUT2D eigenvalue weighted by atomic mass is 35.5. The molecule has 9 heteroatoms. The summed E-state index contributed by atoms with van der Waals surface area (Å²) in [4.78, 5) is 37.1. The van der Waals surface area contributed by atoms with Crippen LogP contribution >= 0.6 is 12.4 Å². The average molecular weight is 395 g/mol. The van der Waals surface area contributed by atoms with Crippen LogP contribution in [0.15, 0.2) is 42.0 Å². The SMILES string of the molecule is C=C[C@H](CC(=O)O)NC(=O)CC1CCN(c2ccc(C=NN)cc2)C1=O.Cl. The Labute approximate surface area is 163 Å². The number of halogens is 1. The summed E-state index contributed by atoms with van der Waals surface area (Å²) in [5, 5.41) is 14.8. The van der Waals surface area contributed by atoms with E-state index in [4.69, 9.17) is 10.9 Å². The number of nitrogens with one attached hydrogen (secondary N) is 1. The lowest BCUT2D eigenvalue weighted by Gasteiger charge is -2.17. The van der Waals surface area contributed by atoms with Gasteiger partial charge in [0.15, 0.2) is 0 Å². The lowest BCUT2D eigenvalue weighted by Crippen LogP contribution is -2.37. The van der Waals surface area contributed by atoms with Crippen LogP contribution in [0.1, 0.15) is 24.8 Å². The number of hydrogen-bond donors (Lipinski definition) is 3. The fourth-order valence-corrected chi connectivity index (χ4v) is 2.88. The molecule has 0 radical (unpaired) electrons. The molecule has 0 bridgehead atoms. The van der Waals surface area contributed by atoms with E-state index in [0.29, 0.717) is 13.0 Å². The van der Waals surface area contributed by atoms with Gasteiger partial charge in [0.05, 0.1) is 18.7 Å². The van der Waals surface area contributed by atoms with E-state index in [0.717, 1.165) is 11.3 Å². The first-order chi connectivity index (χ1) is 12.4. The lowest BCUT2D eigenvalue weighted by molar-refractivity contribution is -0.137. The van der Waals surface area contributed by atoms with E-state index in [1.165, 1.54) is 12.3 Å². The number of amides is 2. The molecular formula is C18H23ClN4O4. The van der Waals surface area contributed by atoms with Crippen molar-refractivity contribution in [1.82, 2.24) is 5.32 Å². The molecule has 27 heavy (non-hydrogen) atoms. The van der Waals surface area contributed by atoms with E-state index in [1.54, 1.807) is 29.2 Å². The molecule has 2 rings (SSSR count). The summed E-state index contributed by atoms with van der Waals surface area (Å²) < 4.78 is 0. The van der Waals surface area contributed by atoms with E-state index in [9.17, 15) is 14.4 Å². The number of anilines is 1. The Morgan fingerprint density at radius 2 is 2.07 bits per heavy atom. The van der Waals surface area contributed by atoms with Crippen LogP contribution in [0, 0.1) is 5.92 Å². The largest absolute Gasteiger partial charge is 0.481 e. The zero-order valence-electron chi connectivity index (χ0n) is 14.7. The summed E-state index contributed by atoms with van der Waals surface area (Å²) in [5.74, 6) is 3.19. The molecule has 1 saturated heterocycles. The minimum atomic E-state index is -1.03. The van der Waals surface area contributed by atoms with Gasteiger partial charge in [-0.3, -0.25) is 14.4 Å². The van der Waals surface area contributed by atoms with Crippen molar-refractivity contribution in [3.8, 4) is 0 Å². The number of nitrogens with zero attached hydrogens (tertiary/aromatic N) is 2. The van der Waals surface area contributed by atoms with Crippen LogP contribution in [0.3, 0.4) is 0 Å². The highest BCUT2D eigenvalue weighted by Gasteiger charge is 2.34. The lowest BCUT2D eigenvalue weighted by atomic mass is 10.0. The second-order valence-corrected chi connectivity index (χ2v) is 6.06. The van der Waals surface area contributed by atoms with Crippen LogP contribution < -0.4 is 16.1 Å². The second-order valence-electron chi connectivity index (χ2n) is 6.06. The van der Waals surface area contributed by atoms with Gasteiger partial charge < -0.3 is 21.2 Å². The molecular weight excluding hydrogens is 372 g/mol. The van der Waals surface area contributed by atoms with Crippen molar-refractivity contribution in [3.05, 3.63) is 42.5 Å². The van der Waals surface area contributed by atoms with Crippen LogP contribution in [0.4, 0.5) is 5.69 Å². The Kier molecular flexibility index (Phi) is 8.47. The number of carboxylic acids is 1. The maximum Gasteiger partial charge on any atom is 0.305 e. The van der Waals surface area contributed by atoms with Gasteiger partial charge in [-0.05, 0) is 24.1 Å². The number of aliphatic carboxylic acids is 1. The van der Waals surface area contributed by atoms with Crippen molar-refractivity contribution >= 4 is 42.1 Å². The summed E-state index contributed by atoms with van der Waals surface area (Å²) in [6.07, 6.45) is 3.24. The highest BCUT2D eigenvalue weighted by Crippen LogP contribution is 2.27. The Balaban J connectivity index is 0.00000364. The van der Waals surface area contributed by atoms with Crippen molar-refractivity contribution in [2.24, 2.45) is 16.9 Å². The predicted octanol–water partition coefficient (Wildman–Crippen LogP) is 1.29. The summed E-state index contributed by atoms with van der Waals surface area (Å²) in [6, 6.07) is 6.57. The third kappa shape index (κ3) is 6.10. The Morgan fingerprint density at radius 3 is 2.63 bits per heavy atom. The van der Waals surface area contributed by atoms with Crippen LogP contribution in [-0.4, -0.2) is 41.7 Å². The third-order valence-corrected chi connectivity index (χ3v) is 4.20. The van der Waals surface area contributed by atoms with E-state index in [2.05, 4.69) is 17.0 Å². The third-order valence-electron chi connectivity index (χ3n) is 4.20. The molecule has 1 unspecified atom stereocenters. The van der Waals surface area contributed by atoms with Gasteiger partial charge in [0.25, 0.3) is 0 Å². The summed E-state index contributed by atoms with van der Waals surface area (Å²) >= 11 is 0. The molecule has 2 amide bonds. The minimum absolute atomic E-state index is 0. The number of hydrogen-bond acceptors (Lipinski definition) is 5. The van der Waals surface area contributed by atoms with Crippen LogP contribution in [0.25, 0.3) is 0 Å². The molecule has 4 N–H and O–H groups in total. The Bertz CT molecular complexity index is 721. The van der Waals surface area contributed by atoms with Gasteiger partial charge in [0.2, 0.25) is 11.8 Å². The fourth-order valence-electron chi connectivity index (χ4n) is 2.88. The molecule has 0 saturated carbocycles. The second kappa shape index (κ2) is 10.3. The number of carboxylic acid groups (broad SMARTS) is 1. The van der Waals surface area contributed by atoms with Gasteiger partial charge >= 0.3 is 5.97 Å². The van der Waals surface area contributed by atoms with Gasteiger partial charge in [0, 0.05) is 24.6 Å². The number of carbonyl (C=O) groups excluding carboxylic acids is 2. The normalized spacial score (nSPS) is 17.4. The monoisotopic (exact) mass is 394 g/mol. The van der Waals surface area contributed by atoms with Gasteiger partial charge in [0.1, 0.15) is 0 Å². The quantitative estimate of drug-likeness (QED) is 0.265. The first kappa shape index (κ1) is 22.2. The van der Waals surface area contributed by atoms with Crippen LogP contribution in [-0.2, 0) is 14.4 Å². The Morgan fingerprint density at radius 1 is 1.41 bits per heavy atom. The topological polar surface area (TPSA) is 125 Å². The van der Waals surface area contributed by atoms with Crippen LogP contribution in [0.2, 0.25) is 0 Å². The number of hydrazone groups is 1. The maximum absolute atomic E-state index is 12.6.